The SMILES string of the molecule is CCCNS(=O)(=O)c1c(Cl)ccc(NC(=O)Nc2ccccc2Cl)c1O. The van der Waals surface area contributed by atoms with Gasteiger partial charge in [-0.1, -0.05) is 42.3 Å². The van der Waals surface area contributed by atoms with Gasteiger partial charge in [0.25, 0.3) is 0 Å². The van der Waals surface area contributed by atoms with Crippen LogP contribution in [0.15, 0.2) is 41.3 Å². The van der Waals surface area contributed by atoms with Crippen LogP contribution < -0.4 is 15.4 Å². The van der Waals surface area contributed by atoms with Crippen molar-refractivity contribution in [2.75, 3.05) is 17.2 Å². The largest absolute Gasteiger partial charge is 0.504 e. The van der Waals surface area contributed by atoms with Gasteiger partial charge in [0.2, 0.25) is 10.0 Å². The lowest BCUT2D eigenvalue weighted by molar-refractivity contribution is 0.262. The number of sulfonamides is 1. The molecule has 0 saturated heterocycles. The minimum atomic E-state index is -4.03. The van der Waals surface area contributed by atoms with Gasteiger partial charge >= 0.3 is 6.03 Å². The summed E-state index contributed by atoms with van der Waals surface area (Å²) < 4.78 is 26.9. The van der Waals surface area contributed by atoms with E-state index in [1.54, 1.807) is 31.2 Å². The fourth-order valence-corrected chi connectivity index (χ4v) is 4.00. The number of hydrogen-bond donors (Lipinski definition) is 4. The van der Waals surface area contributed by atoms with Crippen LogP contribution in [0.5, 0.6) is 5.75 Å². The zero-order chi connectivity index (χ0) is 19.3. The van der Waals surface area contributed by atoms with Crippen LogP contribution in [0.2, 0.25) is 10.0 Å². The van der Waals surface area contributed by atoms with Crippen molar-refractivity contribution in [2.24, 2.45) is 0 Å². The van der Waals surface area contributed by atoms with Gasteiger partial charge in [0.15, 0.2) is 5.75 Å². The van der Waals surface area contributed by atoms with E-state index >= 15 is 0 Å². The Bertz CT molecular complexity index is 920. The maximum absolute atomic E-state index is 12.3. The zero-order valence-electron chi connectivity index (χ0n) is 13.7. The highest BCUT2D eigenvalue weighted by Crippen LogP contribution is 2.36. The molecule has 0 fully saturated rings. The number of phenols is 1. The van der Waals surface area contributed by atoms with Gasteiger partial charge in [-0.25, -0.2) is 17.9 Å². The lowest BCUT2D eigenvalue weighted by Gasteiger charge is -2.14. The molecule has 10 heteroatoms. The Kier molecular flexibility index (Phi) is 6.71. The summed E-state index contributed by atoms with van der Waals surface area (Å²) in [5.41, 5.74) is 0.244. The van der Waals surface area contributed by atoms with E-state index in [2.05, 4.69) is 15.4 Å². The molecule has 2 rings (SSSR count). The van der Waals surface area contributed by atoms with Crippen molar-refractivity contribution in [1.82, 2.24) is 4.72 Å². The third kappa shape index (κ3) is 4.79. The Morgan fingerprint density at radius 3 is 2.35 bits per heavy atom. The average Bonchev–Trinajstić information content (AvgIpc) is 2.57. The van der Waals surface area contributed by atoms with E-state index in [1.165, 1.54) is 12.1 Å². The molecule has 0 radical (unpaired) electrons. The molecular weight excluding hydrogens is 401 g/mol. The lowest BCUT2D eigenvalue weighted by Crippen LogP contribution is -2.25. The third-order valence-electron chi connectivity index (χ3n) is 3.26. The molecule has 0 aliphatic carbocycles. The normalized spacial score (nSPS) is 11.2. The lowest BCUT2D eigenvalue weighted by atomic mass is 10.3. The van der Waals surface area contributed by atoms with E-state index in [9.17, 15) is 18.3 Å². The second kappa shape index (κ2) is 8.59. The Morgan fingerprint density at radius 1 is 1.04 bits per heavy atom. The summed E-state index contributed by atoms with van der Waals surface area (Å²) in [7, 11) is -4.03. The molecule has 0 unspecified atom stereocenters. The highest BCUT2D eigenvalue weighted by molar-refractivity contribution is 7.89. The number of hydrogen-bond acceptors (Lipinski definition) is 4. The zero-order valence-corrected chi connectivity index (χ0v) is 16.0. The van der Waals surface area contributed by atoms with E-state index in [0.29, 0.717) is 17.1 Å². The van der Waals surface area contributed by atoms with E-state index in [0.717, 1.165) is 0 Å². The van der Waals surface area contributed by atoms with Crippen LogP contribution in [-0.2, 0) is 10.0 Å². The van der Waals surface area contributed by atoms with Crippen molar-refractivity contribution < 1.29 is 18.3 Å². The van der Waals surface area contributed by atoms with Gasteiger partial charge in [0.1, 0.15) is 4.90 Å². The number of nitrogens with one attached hydrogen (secondary N) is 3. The Labute approximate surface area is 161 Å². The minimum absolute atomic E-state index is 0.115. The predicted molar refractivity (Wildman–Crippen MR) is 103 cm³/mol. The van der Waals surface area contributed by atoms with E-state index in [1.807, 2.05) is 0 Å². The van der Waals surface area contributed by atoms with E-state index in [4.69, 9.17) is 23.2 Å². The fraction of sp³-hybridized carbons (Fsp3) is 0.188. The topological polar surface area (TPSA) is 108 Å². The molecule has 0 heterocycles. The standard InChI is InChI=1S/C16H17Cl2N3O4S/c1-2-9-19-26(24,25)15-11(18)7-8-13(14(15)22)21-16(23)20-12-6-4-3-5-10(12)17/h3-8,19,22H,2,9H2,1H3,(H2,20,21,23). The first-order valence-corrected chi connectivity index (χ1v) is 9.84. The van der Waals surface area contributed by atoms with Crippen LogP contribution in [0.4, 0.5) is 16.2 Å². The summed E-state index contributed by atoms with van der Waals surface area (Å²) in [4.78, 5) is 11.6. The number of para-hydroxylation sites is 1. The molecule has 0 bridgehead atoms. The molecule has 2 aromatic rings. The van der Waals surface area contributed by atoms with Crippen molar-refractivity contribution in [3.05, 3.63) is 46.4 Å². The summed E-state index contributed by atoms with van der Waals surface area (Å²) >= 11 is 11.9. The van der Waals surface area contributed by atoms with Crippen LogP contribution in [-0.4, -0.2) is 26.1 Å². The summed E-state index contributed by atoms with van der Waals surface area (Å²) in [5, 5.41) is 15.3. The number of amides is 2. The highest BCUT2D eigenvalue weighted by Gasteiger charge is 2.25. The first-order valence-electron chi connectivity index (χ1n) is 7.60. The van der Waals surface area contributed by atoms with Crippen molar-refractivity contribution in [3.63, 3.8) is 0 Å². The van der Waals surface area contributed by atoms with Crippen LogP contribution in [0.1, 0.15) is 13.3 Å². The number of rotatable bonds is 6. The average molecular weight is 418 g/mol. The van der Waals surface area contributed by atoms with Gasteiger partial charge < -0.3 is 15.7 Å². The molecule has 4 N–H and O–H groups in total. The second-order valence-corrected chi connectivity index (χ2v) is 7.75. The van der Waals surface area contributed by atoms with E-state index < -0.39 is 26.7 Å². The summed E-state index contributed by atoms with van der Waals surface area (Å²) in [5.74, 6) is -0.657. The number of urea groups is 1. The van der Waals surface area contributed by atoms with Gasteiger partial charge in [-0.2, -0.15) is 0 Å². The Hall–Kier alpha value is -2.00. The number of phenolic OH excluding ortho intramolecular Hbond substituents is 1. The molecule has 7 nitrogen and oxygen atoms in total. The quantitative estimate of drug-likeness (QED) is 0.531. The first-order chi connectivity index (χ1) is 12.3. The number of aromatic hydroxyl groups is 1. The van der Waals surface area contributed by atoms with Crippen LogP contribution in [0, 0.1) is 0 Å². The van der Waals surface area contributed by atoms with Crippen molar-refractivity contribution in [3.8, 4) is 5.75 Å². The molecule has 0 atom stereocenters. The van der Waals surface area contributed by atoms with Crippen LogP contribution in [0.3, 0.4) is 0 Å². The maximum Gasteiger partial charge on any atom is 0.323 e. The molecule has 0 aliphatic heterocycles. The Morgan fingerprint density at radius 2 is 1.69 bits per heavy atom. The highest BCUT2D eigenvalue weighted by atomic mass is 35.5. The van der Waals surface area contributed by atoms with Gasteiger partial charge in [-0.05, 0) is 30.7 Å². The van der Waals surface area contributed by atoms with Crippen LogP contribution in [0.25, 0.3) is 0 Å². The van der Waals surface area contributed by atoms with E-state index in [-0.39, 0.29) is 17.3 Å². The van der Waals surface area contributed by atoms with Gasteiger partial charge in [-0.3, -0.25) is 0 Å². The van der Waals surface area contributed by atoms with Gasteiger partial charge in [0.05, 0.1) is 21.4 Å². The fourth-order valence-electron chi connectivity index (χ4n) is 2.05. The summed E-state index contributed by atoms with van der Waals surface area (Å²) in [6, 6.07) is 8.44. The smallest absolute Gasteiger partial charge is 0.323 e. The molecule has 140 valence electrons. The number of benzene rings is 2. The van der Waals surface area contributed by atoms with Crippen LogP contribution >= 0.6 is 23.2 Å². The monoisotopic (exact) mass is 417 g/mol. The number of halogens is 2. The molecule has 26 heavy (non-hydrogen) atoms. The summed E-state index contributed by atoms with van der Waals surface area (Å²) in [6.45, 7) is 1.98. The second-order valence-electron chi connectivity index (χ2n) is 5.23. The molecule has 0 saturated carbocycles. The van der Waals surface area contributed by atoms with Gasteiger partial charge in [0, 0.05) is 6.54 Å². The summed E-state index contributed by atoms with van der Waals surface area (Å²) in [6.07, 6.45) is 0.565. The maximum atomic E-state index is 12.3. The predicted octanol–water partition coefficient (Wildman–Crippen LogP) is 4.03. The first kappa shape index (κ1) is 20.3. The number of carbonyl (C=O) groups is 1. The molecular formula is C16H17Cl2N3O4S. The Balaban J connectivity index is 2.27. The van der Waals surface area contributed by atoms with Crippen molar-refractivity contribution in [2.45, 2.75) is 18.2 Å². The molecule has 0 aromatic heterocycles. The molecule has 2 amide bonds. The van der Waals surface area contributed by atoms with Crippen molar-refractivity contribution in [1.29, 1.82) is 0 Å². The number of carbonyl (C=O) groups excluding carboxylic acids is 1. The van der Waals surface area contributed by atoms with Crippen molar-refractivity contribution >= 4 is 50.6 Å². The molecule has 0 spiro atoms. The van der Waals surface area contributed by atoms with Gasteiger partial charge in [-0.15, -0.1) is 0 Å². The minimum Gasteiger partial charge on any atom is -0.504 e. The number of anilines is 2. The molecule has 2 aromatic carbocycles. The third-order valence-corrected chi connectivity index (χ3v) is 5.56. The molecule has 0 aliphatic rings.